The Bertz CT molecular complexity index is 752. The maximum absolute atomic E-state index is 12.3. The first-order valence-electron chi connectivity index (χ1n) is 7.36. The van der Waals surface area contributed by atoms with Gasteiger partial charge >= 0.3 is 5.97 Å². The Balaban J connectivity index is 2.18. The number of benzene rings is 2. The molecule has 1 atom stereocenters. The zero-order valence-electron chi connectivity index (χ0n) is 13.2. The Labute approximate surface area is 139 Å². The molecule has 0 saturated carbocycles. The van der Waals surface area contributed by atoms with E-state index in [4.69, 9.17) is 10.8 Å². The molecule has 0 saturated heterocycles. The first kappa shape index (κ1) is 17.2. The maximum Gasteiger partial charge on any atom is 0.305 e. The Hall–Kier alpha value is -3.15. The zero-order valence-corrected chi connectivity index (χ0v) is 13.2. The van der Waals surface area contributed by atoms with E-state index in [0.717, 1.165) is 5.56 Å². The summed E-state index contributed by atoms with van der Waals surface area (Å²) in [5.74, 6) is -2.01. The van der Waals surface area contributed by atoms with Crippen LogP contribution in [0.5, 0.6) is 0 Å². The summed E-state index contributed by atoms with van der Waals surface area (Å²) >= 11 is 0. The molecule has 2 rings (SSSR count). The van der Waals surface area contributed by atoms with Gasteiger partial charge in [0.05, 0.1) is 12.5 Å². The smallest absolute Gasteiger partial charge is 0.305 e. The molecule has 0 radical (unpaired) electrons. The Morgan fingerprint density at radius 2 is 1.54 bits per heavy atom. The van der Waals surface area contributed by atoms with E-state index >= 15 is 0 Å². The van der Waals surface area contributed by atoms with Gasteiger partial charge in [-0.15, -0.1) is 0 Å². The molecule has 2 aromatic rings. The van der Waals surface area contributed by atoms with E-state index in [9.17, 15) is 14.4 Å². The van der Waals surface area contributed by atoms with Crippen molar-refractivity contribution in [1.29, 1.82) is 0 Å². The molecular formula is C18H18N2O4. The third kappa shape index (κ3) is 4.42. The minimum atomic E-state index is -1.01. The topological polar surface area (TPSA) is 109 Å². The molecule has 0 fully saturated rings. The van der Waals surface area contributed by atoms with Crippen LogP contribution in [-0.4, -0.2) is 22.9 Å². The van der Waals surface area contributed by atoms with Crippen LogP contribution in [0.15, 0.2) is 48.5 Å². The standard InChI is InChI=1S/C18H18N2O4/c1-11-2-4-12(5-3-11)15(10-16(21)22)20-18(24)14-8-6-13(7-9-14)17(19)23/h2-9,15H,10H2,1H3,(H2,19,23)(H,20,24)(H,21,22). The van der Waals surface area contributed by atoms with E-state index in [1.165, 1.54) is 24.3 Å². The highest BCUT2D eigenvalue weighted by atomic mass is 16.4. The number of aryl methyl sites for hydroxylation is 1. The van der Waals surface area contributed by atoms with Gasteiger partial charge in [0.15, 0.2) is 0 Å². The van der Waals surface area contributed by atoms with Crippen molar-refractivity contribution in [2.75, 3.05) is 0 Å². The van der Waals surface area contributed by atoms with Crippen molar-refractivity contribution < 1.29 is 19.5 Å². The van der Waals surface area contributed by atoms with Crippen LogP contribution >= 0.6 is 0 Å². The van der Waals surface area contributed by atoms with Gasteiger partial charge in [-0.3, -0.25) is 14.4 Å². The fourth-order valence-corrected chi connectivity index (χ4v) is 2.25. The lowest BCUT2D eigenvalue weighted by Gasteiger charge is -2.18. The molecule has 2 aromatic carbocycles. The SMILES string of the molecule is Cc1ccc(C(CC(=O)O)NC(=O)c2ccc(C(N)=O)cc2)cc1. The van der Waals surface area contributed by atoms with Crippen molar-refractivity contribution in [3.8, 4) is 0 Å². The Morgan fingerprint density at radius 1 is 1.00 bits per heavy atom. The summed E-state index contributed by atoms with van der Waals surface area (Å²) in [6.07, 6.45) is -0.228. The first-order chi connectivity index (χ1) is 11.4. The monoisotopic (exact) mass is 326 g/mol. The molecule has 6 heteroatoms. The zero-order chi connectivity index (χ0) is 17.7. The summed E-state index contributed by atoms with van der Waals surface area (Å²) < 4.78 is 0. The van der Waals surface area contributed by atoms with Crippen LogP contribution in [0, 0.1) is 6.92 Å². The van der Waals surface area contributed by atoms with E-state index < -0.39 is 23.8 Å². The van der Waals surface area contributed by atoms with E-state index in [2.05, 4.69) is 5.32 Å². The van der Waals surface area contributed by atoms with Gasteiger partial charge in [0, 0.05) is 11.1 Å². The largest absolute Gasteiger partial charge is 0.481 e. The summed E-state index contributed by atoms with van der Waals surface area (Å²) in [4.78, 5) is 34.5. The molecule has 0 aromatic heterocycles. The lowest BCUT2D eigenvalue weighted by molar-refractivity contribution is -0.137. The average Bonchev–Trinajstić information content (AvgIpc) is 2.54. The van der Waals surface area contributed by atoms with Crippen LogP contribution in [0.25, 0.3) is 0 Å². The molecule has 4 N–H and O–H groups in total. The van der Waals surface area contributed by atoms with Crippen molar-refractivity contribution >= 4 is 17.8 Å². The molecule has 2 amide bonds. The van der Waals surface area contributed by atoms with Gasteiger partial charge in [0.2, 0.25) is 5.91 Å². The van der Waals surface area contributed by atoms with Crippen molar-refractivity contribution in [2.24, 2.45) is 5.73 Å². The molecule has 24 heavy (non-hydrogen) atoms. The first-order valence-corrected chi connectivity index (χ1v) is 7.36. The molecule has 6 nitrogen and oxygen atoms in total. The number of hydrogen-bond donors (Lipinski definition) is 3. The van der Waals surface area contributed by atoms with Gasteiger partial charge in [-0.2, -0.15) is 0 Å². The van der Waals surface area contributed by atoms with Crippen LogP contribution in [0.4, 0.5) is 0 Å². The number of hydrogen-bond acceptors (Lipinski definition) is 3. The van der Waals surface area contributed by atoms with Crippen molar-refractivity contribution in [1.82, 2.24) is 5.32 Å². The lowest BCUT2D eigenvalue weighted by Crippen LogP contribution is -2.30. The van der Waals surface area contributed by atoms with E-state index in [1.807, 2.05) is 19.1 Å². The predicted molar refractivity (Wildman–Crippen MR) is 88.6 cm³/mol. The molecule has 0 spiro atoms. The van der Waals surface area contributed by atoms with Gasteiger partial charge < -0.3 is 16.2 Å². The van der Waals surface area contributed by atoms with Crippen LogP contribution in [-0.2, 0) is 4.79 Å². The van der Waals surface area contributed by atoms with Crippen molar-refractivity contribution in [3.05, 3.63) is 70.8 Å². The highest BCUT2D eigenvalue weighted by Gasteiger charge is 2.19. The summed E-state index contributed by atoms with van der Waals surface area (Å²) in [5.41, 5.74) is 7.53. The fraction of sp³-hybridized carbons (Fsp3) is 0.167. The predicted octanol–water partition coefficient (Wildman–Crippen LogP) is 2.04. The number of amides is 2. The summed E-state index contributed by atoms with van der Waals surface area (Å²) in [6.45, 7) is 1.93. The van der Waals surface area contributed by atoms with Crippen LogP contribution in [0.1, 0.15) is 44.3 Å². The summed E-state index contributed by atoms with van der Waals surface area (Å²) in [5, 5.41) is 11.8. The second kappa shape index (κ2) is 7.41. The van der Waals surface area contributed by atoms with Crippen LogP contribution < -0.4 is 11.1 Å². The lowest BCUT2D eigenvalue weighted by atomic mass is 10.0. The Morgan fingerprint density at radius 3 is 2.04 bits per heavy atom. The molecule has 1 unspecified atom stereocenters. The van der Waals surface area contributed by atoms with Crippen LogP contribution in [0.2, 0.25) is 0 Å². The number of carboxylic acids is 1. The molecule has 0 heterocycles. The third-order valence-corrected chi connectivity index (χ3v) is 3.60. The summed E-state index contributed by atoms with van der Waals surface area (Å²) in [6, 6.07) is 12.5. The minimum Gasteiger partial charge on any atom is -0.481 e. The minimum absolute atomic E-state index is 0.228. The van der Waals surface area contributed by atoms with Gasteiger partial charge in [-0.05, 0) is 36.8 Å². The fourth-order valence-electron chi connectivity index (χ4n) is 2.25. The van der Waals surface area contributed by atoms with Crippen LogP contribution in [0.3, 0.4) is 0 Å². The third-order valence-electron chi connectivity index (χ3n) is 3.60. The van der Waals surface area contributed by atoms with Gasteiger partial charge in [-0.25, -0.2) is 0 Å². The number of carbonyl (C=O) groups excluding carboxylic acids is 2. The van der Waals surface area contributed by atoms with Gasteiger partial charge in [-0.1, -0.05) is 29.8 Å². The van der Waals surface area contributed by atoms with E-state index in [0.29, 0.717) is 16.7 Å². The molecule has 0 bridgehead atoms. The van der Waals surface area contributed by atoms with Gasteiger partial charge in [0.1, 0.15) is 0 Å². The number of aliphatic carboxylic acids is 1. The second-order valence-electron chi connectivity index (χ2n) is 5.48. The molecule has 124 valence electrons. The molecular weight excluding hydrogens is 308 g/mol. The highest BCUT2D eigenvalue weighted by molar-refractivity contribution is 5.97. The van der Waals surface area contributed by atoms with E-state index in [1.54, 1.807) is 12.1 Å². The van der Waals surface area contributed by atoms with Crippen molar-refractivity contribution in [3.63, 3.8) is 0 Å². The molecule has 0 aliphatic heterocycles. The highest BCUT2D eigenvalue weighted by Crippen LogP contribution is 2.18. The van der Waals surface area contributed by atoms with Gasteiger partial charge in [0.25, 0.3) is 5.91 Å². The Kier molecular flexibility index (Phi) is 5.31. The number of carboxylic acid groups (broad SMARTS) is 1. The number of rotatable bonds is 6. The number of nitrogens with one attached hydrogen (secondary N) is 1. The quantitative estimate of drug-likeness (QED) is 0.754. The number of primary amides is 1. The number of nitrogens with two attached hydrogens (primary N) is 1. The average molecular weight is 326 g/mol. The normalized spacial score (nSPS) is 11.5. The van der Waals surface area contributed by atoms with E-state index in [-0.39, 0.29) is 6.42 Å². The molecule has 0 aliphatic rings. The van der Waals surface area contributed by atoms with Crippen molar-refractivity contribution in [2.45, 2.75) is 19.4 Å². The maximum atomic E-state index is 12.3. The molecule has 0 aliphatic carbocycles. The second-order valence-corrected chi connectivity index (χ2v) is 5.48. The summed E-state index contributed by atoms with van der Waals surface area (Å²) in [7, 11) is 0. The number of carbonyl (C=O) groups is 3.